The minimum Gasteiger partial charge on any atom is -0.477 e. The summed E-state index contributed by atoms with van der Waals surface area (Å²) in [6, 6.07) is 14.1. The zero-order valence-corrected chi connectivity index (χ0v) is 22.0. The highest BCUT2D eigenvalue weighted by atomic mass is 32.1. The first-order valence-corrected chi connectivity index (χ1v) is 13.7. The van der Waals surface area contributed by atoms with Gasteiger partial charge in [0.1, 0.15) is 4.88 Å². The summed E-state index contributed by atoms with van der Waals surface area (Å²) >= 11 is 1.37. The second kappa shape index (κ2) is 9.72. The molecule has 37 heavy (non-hydrogen) atoms. The number of fused-ring (bicyclic) bond motifs is 1. The number of rotatable bonds is 5. The summed E-state index contributed by atoms with van der Waals surface area (Å²) in [6.07, 6.45) is 10.3. The maximum atomic E-state index is 12.4. The van der Waals surface area contributed by atoms with E-state index in [9.17, 15) is 9.90 Å². The molecule has 6 rings (SSSR count). The van der Waals surface area contributed by atoms with Crippen LogP contribution in [0.1, 0.15) is 47.8 Å². The van der Waals surface area contributed by atoms with Gasteiger partial charge in [-0.1, -0.05) is 37.3 Å². The number of carboxylic acid groups (broad SMARTS) is 1. The summed E-state index contributed by atoms with van der Waals surface area (Å²) in [5.41, 5.74) is 8.55. The van der Waals surface area contributed by atoms with Gasteiger partial charge in [0.05, 0.1) is 5.69 Å². The highest BCUT2D eigenvalue weighted by Gasteiger charge is 2.27. The number of hydrogen-bond donors (Lipinski definition) is 1. The first-order chi connectivity index (χ1) is 18.0. The Kier molecular flexibility index (Phi) is 6.26. The third-order valence-electron chi connectivity index (χ3n) is 7.55. The van der Waals surface area contributed by atoms with Crippen LogP contribution in [0.4, 0.5) is 0 Å². The van der Waals surface area contributed by atoms with Crippen LogP contribution in [0.15, 0.2) is 72.1 Å². The number of benzene rings is 1. The Morgan fingerprint density at radius 2 is 1.92 bits per heavy atom. The van der Waals surface area contributed by atoms with Gasteiger partial charge in [-0.3, -0.25) is 0 Å². The van der Waals surface area contributed by atoms with E-state index in [4.69, 9.17) is 0 Å². The second-order valence-corrected chi connectivity index (χ2v) is 11.3. The van der Waals surface area contributed by atoms with Crippen molar-refractivity contribution in [2.45, 2.75) is 32.6 Å². The molecule has 1 unspecified atom stereocenters. The first kappa shape index (κ1) is 23.8. The van der Waals surface area contributed by atoms with Crippen molar-refractivity contribution in [2.75, 3.05) is 20.1 Å². The van der Waals surface area contributed by atoms with Crippen LogP contribution in [0.3, 0.4) is 0 Å². The number of aromatic nitrogens is 3. The maximum absolute atomic E-state index is 12.4. The molecule has 0 saturated heterocycles. The minimum absolute atomic E-state index is 0.437. The minimum atomic E-state index is -0.850. The fraction of sp³-hybridized carbons (Fsp3) is 0.300. The molecule has 188 valence electrons. The maximum Gasteiger partial charge on any atom is 0.346 e. The Balaban J connectivity index is 1.38. The van der Waals surface area contributed by atoms with Crippen molar-refractivity contribution in [1.82, 2.24) is 19.5 Å². The standard InChI is InChI=1S/C30H30N4O2S/c1-19-4-6-20(7-5-19)25-18-33(2)15-12-23(25)24-16-27(37-29(24)30(35)36)22-10-8-21(9-11-22)26-17-28-31-13-3-14-34(28)32-26/h3,6,8-11,13-14,16-17,19H,4-5,7,12,15,18H2,1-2H3,(H,35,36). The Morgan fingerprint density at radius 1 is 1.11 bits per heavy atom. The lowest BCUT2D eigenvalue weighted by molar-refractivity contribution is 0.0702. The van der Waals surface area contributed by atoms with E-state index in [2.05, 4.69) is 53.2 Å². The SMILES string of the molecule is CC1CC=C(C2=C(c3cc(-c4ccc(-c5cc6ncccn6n5)cc4)sc3C(=O)O)CCN(C)C2)CC1. The lowest BCUT2D eigenvalue weighted by Gasteiger charge is -2.31. The number of likely N-dealkylation sites (N-methyl/N-ethyl adjacent to an activating group) is 1. The van der Waals surface area contributed by atoms with Crippen LogP contribution in [-0.4, -0.2) is 50.7 Å². The predicted molar refractivity (Wildman–Crippen MR) is 149 cm³/mol. The molecular weight excluding hydrogens is 480 g/mol. The van der Waals surface area contributed by atoms with Crippen LogP contribution in [-0.2, 0) is 0 Å². The fourth-order valence-corrected chi connectivity index (χ4v) is 6.45. The molecule has 1 aliphatic heterocycles. The summed E-state index contributed by atoms with van der Waals surface area (Å²) in [7, 11) is 2.15. The molecule has 3 aromatic heterocycles. The Bertz CT molecular complexity index is 1510. The first-order valence-electron chi connectivity index (χ1n) is 12.8. The number of hydrogen-bond acceptors (Lipinski definition) is 5. The van der Waals surface area contributed by atoms with E-state index in [1.807, 2.05) is 30.5 Å². The van der Waals surface area contributed by atoms with Gasteiger partial charge in [-0.15, -0.1) is 11.3 Å². The van der Waals surface area contributed by atoms with Crippen LogP contribution in [0, 0.1) is 5.92 Å². The van der Waals surface area contributed by atoms with E-state index in [0.29, 0.717) is 4.88 Å². The van der Waals surface area contributed by atoms with Crippen LogP contribution < -0.4 is 0 Å². The average Bonchev–Trinajstić information content (AvgIpc) is 3.54. The molecule has 4 heterocycles. The monoisotopic (exact) mass is 510 g/mol. The van der Waals surface area contributed by atoms with Crippen molar-refractivity contribution in [3.63, 3.8) is 0 Å². The van der Waals surface area contributed by atoms with Crippen molar-refractivity contribution >= 4 is 28.5 Å². The molecule has 1 N–H and O–H groups in total. The highest BCUT2D eigenvalue weighted by Crippen LogP contribution is 2.42. The predicted octanol–water partition coefficient (Wildman–Crippen LogP) is 6.66. The molecular formula is C30H30N4O2S. The molecule has 6 nitrogen and oxygen atoms in total. The molecule has 0 spiro atoms. The smallest absolute Gasteiger partial charge is 0.346 e. The zero-order chi connectivity index (χ0) is 25.5. The van der Waals surface area contributed by atoms with Gasteiger partial charge in [-0.25, -0.2) is 14.3 Å². The van der Waals surface area contributed by atoms with Gasteiger partial charge in [0.2, 0.25) is 0 Å². The van der Waals surface area contributed by atoms with Crippen LogP contribution in [0.5, 0.6) is 0 Å². The number of thiophene rings is 1. The molecule has 0 saturated carbocycles. The van der Waals surface area contributed by atoms with E-state index >= 15 is 0 Å². The quantitative estimate of drug-likeness (QED) is 0.325. The van der Waals surface area contributed by atoms with E-state index in [-0.39, 0.29) is 0 Å². The molecule has 2 aliphatic rings. The summed E-state index contributed by atoms with van der Waals surface area (Å²) in [6.45, 7) is 4.12. The van der Waals surface area contributed by atoms with Crippen LogP contribution in [0.2, 0.25) is 0 Å². The van der Waals surface area contributed by atoms with Crippen LogP contribution in [0.25, 0.3) is 32.9 Å². The van der Waals surface area contributed by atoms with Gasteiger partial charge in [0.15, 0.2) is 5.65 Å². The molecule has 1 atom stereocenters. The molecule has 0 bridgehead atoms. The van der Waals surface area contributed by atoms with Gasteiger partial charge in [-0.05, 0) is 73.1 Å². The third-order valence-corrected chi connectivity index (χ3v) is 8.72. The molecule has 1 aromatic carbocycles. The van der Waals surface area contributed by atoms with Gasteiger partial charge in [0.25, 0.3) is 0 Å². The lowest BCUT2D eigenvalue weighted by Crippen LogP contribution is -2.29. The highest BCUT2D eigenvalue weighted by molar-refractivity contribution is 7.17. The molecule has 4 aromatic rings. The topological polar surface area (TPSA) is 70.7 Å². The second-order valence-electron chi connectivity index (χ2n) is 10.2. The van der Waals surface area contributed by atoms with Crippen molar-refractivity contribution in [2.24, 2.45) is 5.92 Å². The Labute approximate surface area is 220 Å². The average molecular weight is 511 g/mol. The van der Waals surface area contributed by atoms with E-state index in [1.165, 1.54) is 34.5 Å². The largest absolute Gasteiger partial charge is 0.477 e. The molecule has 0 radical (unpaired) electrons. The summed E-state index contributed by atoms with van der Waals surface area (Å²) in [4.78, 5) is 20.5. The third kappa shape index (κ3) is 4.65. The van der Waals surface area contributed by atoms with Gasteiger partial charge in [-0.2, -0.15) is 5.10 Å². The Hall–Kier alpha value is -3.55. The molecule has 0 amide bonds. The summed E-state index contributed by atoms with van der Waals surface area (Å²) in [5, 5.41) is 14.8. The zero-order valence-electron chi connectivity index (χ0n) is 21.1. The van der Waals surface area contributed by atoms with Gasteiger partial charge in [0, 0.05) is 47.6 Å². The van der Waals surface area contributed by atoms with Crippen molar-refractivity contribution < 1.29 is 9.90 Å². The Morgan fingerprint density at radius 3 is 2.65 bits per heavy atom. The lowest BCUT2D eigenvalue weighted by atomic mass is 9.82. The summed E-state index contributed by atoms with van der Waals surface area (Å²) in [5.74, 6) is -0.131. The fourth-order valence-electron chi connectivity index (χ4n) is 5.42. The molecule has 0 fully saturated rings. The molecule has 1 aliphatic carbocycles. The number of allylic oxidation sites excluding steroid dienone is 1. The number of nitrogens with zero attached hydrogens (tertiary/aromatic N) is 4. The van der Waals surface area contributed by atoms with Crippen LogP contribution >= 0.6 is 11.3 Å². The van der Waals surface area contributed by atoms with E-state index < -0.39 is 5.97 Å². The van der Waals surface area contributed by atoms with Crippen molar-refractivity contribution in [3.05, 3.63) is 82.5 Å². The summed E-state index contributed by atoms with van der Waals surface area (Å²) < 4.78 is 1.77. The van der Waals surface area contributed by atoms with Crippen molar-refractivity contribution in [1.29, 1.82) is 0 Å². The van der Waals surface area contributed by atoms with Gasteiger partial charge < -0.3 is 10.0 Å². The van der Waals surface area contributed by atoms with Crippen molar-refractivity contribution in [3.8, 4) is 21.7 Å². The van der Waals surface area contributed by atoms with E-state index in [1.54, 1.807) is 10.7 Å². The normalized spacial score (nSPS) is 18.9. The molecule has 7 heteroatoms. The van der Waals surface area contributed by atoms with Gasteiger partial charge >= 0.3 is 5.97 Å². The van der Waals surface area contributed by atoms with E-state index in [0.717, 1.165) is 71.2 Å². The number of aromatic carboxylic acids is 1. The number of carbonyl (C=O) groups is 1. The number of carboxylic acids is 1.